The van der Waals surface area contributed by atoms with Gasteiger partial charge in [0.1, 0.15) is 5.76 Å². The molecule has 0 aliphatic heterocycles. The Morgan fingerprint density at radius 1 is 1.33 bits per heavy atom. The zero-order chi connectivity index (χ0) is 8.55. The van der Waals surface area contributed by atoms with Gasteiger partial charge in [0.2, 0.25) is 0 Å². The second-order valence-corrected chi connectivity index (χ2v) is 2.71. The molecule has 0 amide bonds. The molecule has 0 aliphatic rings. The molecule has 59 valence electrons. The van der Waals surface area contributed by atoms with Crippen molar-refractivity contribution in [2.75, 3.05) is 0 Å². The summed E-state index contributed by atoms with van der Waals surface area (Å²) >= 11 is 0. The Labute approximate surface area is 71.3 Å². The van der Waals surface area contributed by atoms with Gasteiger partial charge in [0.15, 0.2) is 0 Å². The first-order valence-corrected chi connectivity index (χ1v) is 3.77. The molecule has 0 bridgehead atoms. The lowest BCUT2D eigenvalue weighted by molar-refractivity contribution is 0.554. The number of fused-ring (bicyclic) bond motifs is 1. The Morgan fingerprint density at radius 2 is 2.17 bits per heavy atom. The zero-order valence-corrected chi connectivity index (χ0v) is 6.71. The standard InChI is InChI=1S/C11H9O/c1-3-9-4-5-11-8(2)12-7-10(11)6-9/h3-7H,1-2H2. The van der Waals surface area contributed by atoms with Gasteiger partial charge in [0.05, 0.1) is 6.26 Å². The molecule has 2 rings (SSSR count). The highest BCUT2D eigenvalue weighted by Gasteiger charge is 2.00. The summed E-state index contributed by atoms with van der Waals surface area (Å²) in [5.74, 6) is 0.723. The maximum absolute atomic E-state index is 5.17. The van der Waals surface area contributed by atoms with Gasteiger partial charge in [-0.2, -0.15) is 0 Å². The minimum absolute atomic E-state index is 0.723. The van der Waals surface area contributed by atoms with Crippen LogP contribution < -0.4 is 0 Å². The Hall–Kier alpha value is -1.50. The molecule has 0 atom stereocenters. The molecule has 0 fully saturated rings. The first kappa shape index (κ1) is 7.17. The van der Waals surface area contributed by atoms with Crippen LogP contribution in [-0.4, -0.2) is 0 Å². The molecule has 0 saturated heterocycles. The van der Waals surface area contributed by atoms with E-state index in [0.717, 1.165) is 22.1 Å². The SMILES string of the molecule is [CH2]c1occ2cc(C=C)ccc12. The molecule has 0 saturated carbocycles. The van der Waals surface area contributed by atoms with Gasteiger partial charge in [-0.05, 0) is 11.6 Å². The Balaban J connectivity index is 2.77. The average molecular weight is 157 g/mol. The van der Waals surface area contributed by atoms with Crippen LogP contribution >= 0.6 is 0 Å². The van der Waals surface area contributed by atoms with Crippen LogP contribution in [0.5, 0.6) is 0 Å². The summed E-state index contributed by atoms with van der Waals surface area (Å²) in [5.41, 5.74) is 1.10. The van der Waals surface area contributed by atoms with E-state index in [0.29, 0.717) is 0 Å². The van der Waals surface area contributed by atoms with E-state index < -0.39 is 0 Å². The van der Waals surface area contributed by atoms with Crippen molar-refractivity contribution in [1.82, 2.24) is 0 Å². The van der Waals surface area contributed by atoms with Crippen LogP contribution in [0.25, 0.3) is 16.8 Å². The molecule has 0 N–H and O–H groups in total. The quantitative estimate of drug-likeness (QED) is 0.619. The second kappa shape index (κ2) is 2.52. The molecule has 0 spiro atoms. The number of benzene rings is 1. The molecule has 0 aliphatic carbocycles. The lowest BCUT2D eigenvalue weighted by Crippen LogP contribution is -1.71. The van der Waals surface area contributed by atoms with E-state index in [9.17, 15) is 0 Å². The zero-order valence-electron chi connectivity index (χ0n) is 6.71. The maximum Gasteiger partial charge on any atom is 0.112 e. The normalized spacial score (nSPS) is 10.4. The molecule has 1 aromatic heterocycles. The second-order valence-electron chi connectivity index (χ2n) is 2.71. The van der Waals surface area contributed by atoms with Gasteiger partial charge in [0.25, 0.3) is 0 Å². The molecule has 1 heterocycles. The Bertz CT molecular complexity index is 423. The van der Waals surface area contributed by atoms with E-state index in [1.165, 1.54) is 0 Å². The smallest absolute Gasteiger partial charge is 0.112 e. The molecular weight excluding hydrogens is 148 g/mol. The van der Waals surface area contributed by atoms with Crippen LogP contribution in [0.2, 0.25) is 0 Å². The van der Waals surface area contributed by atoms with Crippen LogP contribution in [0.1, 0.15) is 11.3 Å². The molecule has 1 nitrogen and oxygen atoms in total. The summed E-state index contributed by atoms with van der Waals surface area (Å²) in [6.45, 7) is 7.47. The van der Waals surface area contributed by atoms with Gasteiger partial charge in [-0.1, -0.05) is 24.8 Å². The van der Waals surface area contributed by atoms with Crippen LogP contribution in [0.3, 0.4) is 0 Å². The summed E-state index contributed by atoms with van der Waals surface area (Å²) < 4.78 is 5.17. The average Bonchev–Trinajstić information content (AvgIpc) is 2.47. The number of hydrogen-bond donors (Lipinski definition) is 0. The highest BCUT2D eigenvalue weighted by Crippen LogP contribution is 2.21. The molecule has 1 aromatic carbocycles. The molecule has 1 heteroatoms. The van der Waals surface area contributed by atoms with Crippen molar-refractivity contribution >= 4 is 16.8 Å². The van der Waals surface area contributed by atoms with Crippen molar-refractivity contribution in [3.8, 4) is 0 Å². The van der Waals surface area contributed by atoms with Crippen molar-refractivity contribution < 1.29 is 4.42 Å². The van der Waals surface area contributed by atoms with E-state index >= 15 is 0 Å². The number of hydrogen-bond acceptors (Lipinski definition) is 1. The predicted molar refractivity (Wildman–Crippen MR) is 50.8 cm³/mol. The van der Waals surface area contributed by atoms with Crippen LogP contribution in [-0.2, 0) is 0 Å². The third kappa shape index (κ3) is 0.944. The minimum Gasteiger partial charge on any atom is -0.468 e. The maximum atomic E-state index is 5.17. The Kier molecular flexibility index (Phi) is 1.51. The van der Waals surface area contributed by atoms with Crippen molar-refractivity contribution in [2.45, 2.75) is 0 Å². The van der Waals surface area contributed by atoms with Crippen LogP contribution in [0, 0.1) is 6.92 Å². The summed E-state index contributed by atoms with van der Waals surface area (Å²) in [5, 5.41) is 2.15. The topological polar surface area (TPSA) is 13.1 Å². The van der Waals surface area contributed by atoms with Crippen molar-refractivity contribution in [2.24, 2.45) is 0 Å². The summed E-state index contributed by atoms with van der Waals surface area (Å²) in [6, 6.07) is 6.03. The van der Waals surface area contributed by atoms with E-state index in [1.807, 2.05) is 24.3 Å². The molecule has 2 aromatic rings. The van der Waals surface area contributed by atoms with Gasteiger partial charge in [-0.3, -0.25) is 0 Å². The molecule has 1 radical (unpaired) electrons. The van der Waals surface area contributed by atoms with Crippen molar-refractivity contribution in [3.63, 3.8) is 0 Å². The van der Waals surface area contributed by atoms with E-state index in [-0.39, 0.29) is 0 Å². The summed E-state index contributed by atoms with van der Waals surface area (Å²) in [7, 11) is 0. The van der Waals surface area contributed by atoms with Gasteiger partial charge in [0, 0.05) is 17.7 Å². The lowest BCUT2D eigenvalue weighted by atomic mass is 10.1. The minimum atomic E-state index is 0.723. The first-order chi connectivity index (χ1) is 5.81. The fraction of sp³-hybridized carbons (Fsp3) is 0. The van der Waals surface area contributed by atoms with E-state index in [4.69, 9.17) is 4.42 Å². The van der Waals surface area contributed by atoms with Gasteiger partial charge >= 0.3 is 0 Å². The molecule has 12 heavy (non-hydrogen) atoms. The largest absolute Gasteiger partial charge is 0.468 e. The third-order valence-corrected chi connectivity index (χ3v) is 1.94. The Morgan fingerprint density at radius 3 is 2.92 bits per heavy atom. The highest BCUT2D eigenvalue weighted by atomic mass is 16.3. The first-order valence-electron chi connectivity index (χ1n) is 3.77. The van der Waals surface area contributed by atoms with Crippen LogP contribution in [0.4, 0.5) is 0 Å². The third-order valence-electron chi connectivity index (χ3n) is 1.94. The summed E-state index contributed by atoms with van der Waals surface area (Å²) in [6.07, 6.45) is 3.53. The van der Waals surface area contributed by atoms with E-state index in [1.54, 1.807) is 6.26 Å². The fourth-order valence-corrected chi connectivity index (χ4v) is 1.26. The molecular formula is C11H9O. The number of furan rings is 1. The lowest BCUT2D eigenvalue weighted by Gasteiger charge is -1.92. The summed E-state index contributed by atoms with van der Waals surface area (Å²) in [4.78, 5) is 0. The van der Waals surface area contributed by atoms with Gasteiger partial charge in [-0.25, -0.2) is 0 Å². The highest BCUT2D eigenvalue weighted by molar-refractivity contribution is 5.86. The van der Waals surface area contributed by atoms with E-state index in [2.05, 4.69) is 13.5 Å². The van der Waals surface area contributed by atoms with Crippen LogP contribution in [0.15, 0.2) is 35.5 Å². The number of rotatable bonds is 1. The van der Waals surface area contributed by atoms with Gasteiger partial charge < -0.3 is 4.42 Å². The molecule has 0 unspecified atom stereocenters. The van der Waals surface area contributed by atoms with Crippen molar-refractivity contribution in [1.29, 1.82) is 0 Å². The van der Waals surface area contributed by atoms with Crippen molar-refractivity contribution in [3.05, 3.63) is 49.3 Å². The van der Waals surface area contributed by atoms with Gasteiger partial charge in [-0.15, -0.1) is 0 Å². The monoisotopic (exact) mass is 157 g/mol. The predicted octanol–water partition coefficient (Wildman–Crippen LogP) is 3.26. The fourth-order valence-electron chi connectivity index (χ4n) is 1.26.